The van der Waals surface area contributed by atoms with Crippen molar-refractivity contribution in [1.29, 1.82) is 0 Å². The highest BCUT2D eigenvalue weighted by molar-refractivity contribution is 7.20. The number of aromatic nitrogens is 1. The summed E-state index contributed by atoms with van der Waals surface area (Å²) in [6, 6.07) is 20.9. The Labute approximate surface area is 164 Å². The van der Waals surface area contributed by atoms with Gasteiger partial charge < -0.3 is 15.2 Å². The van der Waals surface area contributed by atoms with Crippen LogP contribution >= 0.6 is 11.3 Å². The Kier molecular flexibility index (Phi) is 4.74. The number of hydrogen-bond donors (Lipinski definition) is 2. The van der Waals surface area contributed by atoms with Crippen molar-refractivity contribution < 1.29 is 19.4 Å². The molecule has 2 N–H and O–H groups in total. The molecule has 1 amide bonds. The Morgan fingerprint density at radius 1 is 0.929 bits per heavy atom. The number of nitrogens with one attached hydrogen (secondary N) is 1. The van der Waals surface area contributed by atoms with E-state index in [1.165, 1.54) is 23.5 Å². The Morgan fingerprint density at radius 3 is 2.43 bits per heavy atom. The van der Waals surface area contributed by atoms with Gasteiger partial charge in [0.05, 0.1) is 21.5 Å². The van der Waals surface area contributed by atoms with Crippen molar-refractivity contribution in [2.75, 3.05) is 5.32 Å². The number of aromatic carboxylic acids is 1. The van der Waals surface area contributed by atoms with E-state index >= 15 is 0 Å². The Hall–Kier alpha value is -3.71. The minimum Gasteiger partial charge on any atom is -0.478 e. The largest absolute Gasteiger partial charge is 0.478 e. The monoisotopic (exact) mass is 390 g/mol. The first-order chi connectivity index (χ1) is 13.6. The van der Waals surface area contributed by atoms with E-state index in [1.807, 2.05) is 42.5 Å². The molecule has 4 aromatic rings. The number of rotatable bonds is 5. The Balaban J connectivity index is 1.63. The summed E-state index contributed by atoms with van der Waals surface area (Å²) in [5, 5.41) is 12.3. The van der Waals surface area contributed by atoms with Crippen molar-refractivity contribution in [1.82, 2.24) is 4.98 Å². The highest BCUT2D eigenvalue weighted by atomic mass is 32.1. The van der Waals surface area contributed by atoms with Crippen LogP contribution in [-0.2, 0) is 0 Å². The zero-order valence-corrected chi connectivity index (χ0v) is 15.3. The van der Waals surface area contributed by atoms with Gasteiger partial charge in [-0.2, -0.15) is 0 Å². The van der Waals surface area contributed by atoms with Gasteiger partial charge in [-0.15, -0.1) is 11.3 Å². The molecule has 3 aromatic carbocycles. The zero-order valence-electron chi connectivity index (χ0n) is 14.5. The molecule has 138 valence electrons. The number of fused-ring (bicyclic) bond motifs is 1. The number of carbonyl (C=O) groups is 2. The molecule has 7 heteroatoms. The number of carboxylic acids is 1. The molecule has 0 fully saturated rings. The lowest BCUT2D eigenvalue weighted by Crippen LogP contribution is -2.14. The first-order valence-corrected chi connectivity index (χ1v) is 9.19. The molecule has 0 saturated heterocycles. The standard InChI is InChI=1S/C21H14N2O4S/c24-19(20-23-16-8-4-5-9-18(16)28-20)22-17-12-14(10-11-15(17)21(25)26)27-13-6-2-1-3-7-13/h1-12H,(H,22,24)(H,25,26). The quantitative estimate of drug-likeness (QED) is 0.498. The number of amides is 1. The van der Waals surface area contributed by atoms with Gasteiger partial charge in [-0.25, -0.2) is 9.78 Å². The van der Waals surface area contributed by atoms with Gasteiger partial charge in [0.1, 0.15) is 11.5 Å². The summed E-state index contributed by atoms with van der Waals surface area (Å²) in [5.74, 6) is -0.601. The van der Waals surface area contributed by atoms with Gasteiger partial charge in [0, 0.05) is 6.07 Å². The number of para-hydroxylation sites is 2. The molecule has 0 aliphatic rings. The van der Waals surface area contributed by atoms with Crippen LogP contribution in [-0.4, -0.2) is 22.0 Å². The van der Waals surface area contributed by atoms with Gasteiger partial charge in [-0.05, 0) is 36.4 Å². The van der Waals surface area contributed by atoms with Crippen LogP contribution in [0.1, 0.15) is 20.2 Å². The van der Waals surface area contributed by atoms with Gasteiger partial charge in [0.25, 0.3) is 5.91 Å². The van der Waals surface area contributed by atoms with E-state index in [4.69, 9.17) is 4.74 Å². The fraction of sp³-hybridized carbons (Fsp3) is 0. The van der Waals surface area contributed by atoms with E-state index in [9.17, 15) is 14.7 Å². The third-order valence-electron chi connectivity index (χ3n) is 3.94. The number of nitrogens with zero attached hydrogens (tertiary/aromatic N) is 1. The first kappa shape index (κ1) is 17.7. The van der Waals surface area contributed by atoms with Crippen LogP contribution in [0.2, 0.25) is 0 Å². The molecule has 0 radical (unpaired) electrons. The molecule has 4 rings (SSSR count). The van der Waals surface area contributed by atoms with Crippen molar-refractivity contribution in [3.05, 3.63) is 83.4 Å². The van der Waals surface area contributed by atoms with Crippen molar-refractivity contribution >= 4 is 39.1 Å². The fourth-order valence-electron chi connectivity index (χ4n) is 2.65. The average molecular weight is 390 g/mol. The van der Waals surface area contributed by atoms with Gasteiger partial charge in [-0.1, -0.05) is 30.3 Å². The summed E-state index contributed by atoms with van der Waals surface area (Å²) in [4.78, 5) is 28.5. The van der Waals surface area contributed by atoms with Gasteiger partial charge in [0.2, 0.25) is 0 Å². The van der Waals surface area contributed by atoms with Crippen LogP contribution in [0.4, 0.5) is 5.69 Å². The number of carboxylic acid groups (broad SMARTS) is 1. The number of anilines is 1. The van der Waals surface area contributed by atoms with E-state index in [0.717, 1.165) is 10.2 Å². The predicted molar refractivity (Wildman–Crippen MR) is 107 cm³/mol. The number of ether oxygens (including phenoxy) is 1. The van der Waals surface area contributed by atoms with E-state index in [0.29, 0.717) is 11.5 Å². The Morgan fingerprint density at radius 2 is 1.68 bits per heavy atom. The van der Waals surface area contributed by atoms with Crippen molar-refractivity contribution in [3.63, 3.8) is 0 Å². The van der Waals surface area contributed by atoms with Crippen LogP contribution in [0.15, 0.2) is 72.8 Å². The normalized spacial score (nSPS) is 10.6. The van der Waals surface area contributed by atoms with Crippen LogP contribution in [0.25, 0.3) is 10.2 Å². The molecule has 0 atom stereocenters. The highest BCUT2D eigenvalue weighted by Gasteiger charge is 2.17. The minimum atomic E-state index is -1.15. The third kappa shape index (κ3) is 3.70. The van der Waals surface area contributed by atoms with Crippen molar-refractivity contribution in [3.8, 4) is 11.5 Å². The first-order valence-electron chi connectivity index (χ1n) is 8.37. The second kappa shape index (κ2) is 7.50. The molecule has 0 saturated carbocycles. The summed E-state index contributed by atoms with van der Waals surface area (Å²) in [6.45, 7) is 0. The van der Waals surface area contributed by atoms with E-state index in [-0.39, 0.29) is 16.3 Å². The molecular weight excluding hydrogens is 376 g/mol. The molecule has 0 aliphatic heterocycles. The molecule has 1 heterocycles. The fourth-order valence-corrected chi connectivity index (χ4v) is 3.51. The molecule has 6 nitrogen and oxygen atoms in total. The van der Waals surface area contributed by atoms with Crippen molar-refractivity contribution in [2.24, 2.45) is 0 Å². The average Bonchev–Trinajstić information content (AvgIpc) is 3.13. The number of thiazole rings is 1. The van der Waals surface area contributed by atoms with E-state index < -0.39 is 11.9 Å². The van der Waals surface area contributed by atoms with Crippen LogP contribution < -0.4 is 10.1 Å². The summed E-state index contributed by atoms with van der Waals surface area (Å²) in [7, 11) is 0. The zero-order chi connectivity index (χ0) is 19.5. The minimum absolute atomic E-state index is 0.0325. The van der Waals surface area contributed by atoms with Crippen LogP contribution in [0, 0.1) is 0 Å². The lowest BCUT2D eigenvalue weighted by molar-refractivity contribution is 0.0698. The highest BCUT2D eigenvalue weighted by Crippen LogP contribution is 2.28. The summed E-state index contributed by atoms with van der Waals surface area (Å²) >= 11 is 1.24. The maximum Gasteiger partial charge on any atom is 0.337 e. The number of carbonyl (C=O) groups excluding carboxylic acids is 1. The molecule has 1 aromatic heterocycles. The van der Waals surface area contributed by atoms with E-state index in [1.54, 1.807) is 18.2 Å². The van der Waals surface area contributed by atoms with Gasteiger partial charge in [-0.3, -0.25) is 4.79 Å². The summed E-state index contributed by atoms with van der Waals surface area (Å²) in [6.07, 6.45) is 0. The molecular formula is C21H14N2O4S. The number of hydrogen-bond acceptors (Lipinski definition) is 5. The van der Waals surface area contributed by atoms with Crippen LogP contribution in [0.5, 0.6) is 11.5 Å². The van der Waals surface area contributed by atoms with Gasteiger partial charge in [0.15, 0.2) is 5.01 Å². The molecule has 28 heavy (non-hydrogen) atoms. The Bertz CT molecular complexity index is 1140. The second-order valence-corrected chi connectivity index (χ2v) is 6.90. The summed E-state index contributed by atoms with van der Waals surface area (Å²) in [5.41, 5.74) is 0.831. The topological polar surface area (TPSA) is 88.5 Å². The lowest BCUT2D eigenvalue weighted by atomic mass is 10.1. The predicted octanol–water partition coefficient (Wildman–Crippen LogP) is 5.04. The maximum atomic E-state index is 12.6. The second-order valence-electron chi connectivity index (χ2n) is 5.87. The summed E-state index contributed by atoms with van der Waals surface area (Å²) < 4.78 is 6.61. The molecule has 0 aliphatic carbocycles. The van der Waals surface area contributed by atoms with Crippen LogP contribution in [0.3, 0.4) is 0 Å². The molecule has 0 spiro atoms. The SMILES string of the molecule is O=C(Nc1cc(Oc2ccccc2)ccc1C(=O)O)c1nc2ccccc2s1. The smallest absolute Gasteiger partial charge is 0.337 e. The maximum absolute atomic E-state index is 12.6. The molecule has 0 unspecified atom stereocenters. The lowest BCUT2D eigenvalue weighted by Gasteiger charge is -2.11. The molecule has 0 bridgehead atoms. The number of benzene rings is 3. The van der Waals surface area contributed by atoms with Crippen molar-refractivity contribution in [2.45, 2.75) is 0 Å². The third-order valence-corrected chi connectivity index (χ3v) is 4.97. The van der Waals surface area contributed by atoms with Gasteiger partial charge >= 0.3 is 5.97 Å². The van der Waals surface area contributed by atoms with E-state index in [2.05, 4.69) is 10.3 Å².